The van der Waals surface area contributed by atoms with Gasteiger partial charge in [0.15, 0.2) is 5.84 Å². The first kappa shape index (κ1) is 23.2. The van der Waals surface area contributed by atoms with E-state index in [4.69, 9.17) is 15.2 Å². The fraction of sp³-hybridized carbons (Fsp3) is 0.409. The maximum absolute atomic E-state index is 12.4. The van der Waals surface area contributed by atoms with Gasteiger partial charge in [-0.05, 0) is 31.0 Å². The van der Waals surface area contributed by atoms with Crippen LogP contribution in [0.15, 0.2) is 40.6 Å². The molecule has 0 unspecified atom stereocenters. The van der Waals surface area contributed by atoms with Crippen LogP contribution in [0.3, 0.4) is 0 Å². The van der Waals surface area contributed by atoms with Gasteiger partial charge in [0.25, 0.3) is 0 Å². The number of primary sulfonamides is 1. The van der Waals surface area contributed by atoms with Crippen molar-refractivity contribution in [2.45, 2.75) is 49.5 Å². The number of nitrogens with one attached hydrogen (secondary N) is 1. The number of sulfonamides is 1. The van der Waals surface area contributed by atoms with Crippen molar-refractivity contribution in [3.8, 4) is 0 Å². The highest BCUT2D eigenvalue weighted by Crippen LogP contribution is 2.45. The average Bonchev–Trinajstić information content (AvgIpc) is 3.22. The number of hydrogen-bond donors (Lipinski definition) is 2. The van der Waals surface area contributed by atoms with Gasteiger partial charge in [0.05, 0.1) is 0 Å². The summed E-state index contributed by atoms with van der Waals surface area (Å²) in [6.07, 6.45) is 7.77. The van der Waals surface area contributed by atoms with Crippen LogP contribution in [0.4, 0.5) is 17.6 Å². The van der Waals surface area contributed by atoms with Gasteiger partial charge in [0.1, 0.15) is 27.7 Å². The fourth-order valence-corrected chi connectivity index (χ4v) is 5.39. The molecule has 4 heterocycles. The maximum Gasteiger partial charge on any atom is 0.239 e. The molecular formula is C22H27N9O3S. The highest BCUT2D eigenvalue weighted by Gasteiger charge is 2.47. The lowest BCUT2D eigenvalue weighted by molar-refractivity contribution is -0.124. The summed E-state index contributed by atoms with van der Waals surface area (Å²) in [6.45, 7) is 1.54. The zero-order valence-corrected chi connectivity index (χ0v) is 20.6. The van der Waals surface area contributed by atoms with Crippen molar-refractivity contribution in [3.63, 3.8) is 0 Å². The van der Waals surface area contributed by atoms with Crippen LogP contribution in [0.2, 0.25) is 0 Å². The van der Waals surface area contributed by atoms with Crippen LogP contribution in [0, 0.1) is 0 Å². The number of hydrazone groups is 1. The molecule has 0 aromatic carbocycles. The topological polar surface area (TPSA) is 152 Å². The van der Waals surface area contributed by atoms with E-state index < -0.39 is 15.6 Å². The molecular weight excluding hydrogens is 470 g/mol. The van der Waals surface area contributed by atoms with E-state index >= 15 is 0 Å². The molecule has 1 aliphatic carbocycles. The molecule has 184 valence electrons. The van der Waals surface area contributed by atoms with Gasteiger partial charge in [0.2, 0.25) is 21.9 Å². The molecule has 5 rings (SSSR count). The van der Waals surface area contributed by atoms with Crippen molar-refractivity contribution >= 4 is 50.4 Å². The van der Waals surface area contributed by atoms with Crippen LogP contribution >= 0.6 is 0 Å². The molecule has 1 spiro atoms. The molecule has 1 amide bonds. The zero-order chi connectivity index (χ0) is 25.0. The number of carbonyl (C=O) groups excluding carboxylic acids is 1. The average molecular weight is 498 g/mol. The molecule has 35 heavy (non-hydrogen) atoms. The monoisotopic (exact) mass is 497 g/mol. The first-order valence-corrected chi connectivity index (χ1v) is 12.9. The second-order valence-electron chi connectivity index (χ2n) is 8.98. The lowest BCUT2D eigenvalue weighted by atomic mass is 9.79. The number of nitrogens with zero attached hydrogens (tertiary/aromatic N) is 7. The number of anilines is 3. The Morgan fingerprint density at radius 3 is 2.54 bits per heavy atom. The second-order valence-corrected chi connectivity index (χ2v) is 10.5. The Morgan fingerprint density at radius 2 is 1.91 bits per heavy atom. The molecule has 3 aromatic heterocycles. The summed E-state index contributed by atoms with van der Waals surface area (Å²) in [6, 6.07) is 4.88. The van der Waals surface area contributed by atoms with E-state index in [1.54, 1.807) is 30.1 Å². The van der Waals surface area contributed by atoms with Crippen molar-refractivity contribution in [2.24, 2.45) is 10.2 Å². The molecule has 0 bridgehead atoms. The van der Waals surface area contributed by atoms with Gasteiger partial charge in [-0.3, -0.25) is 14.4 Å². The van der Waals surface area contributed by atoms with Crippen molar-refractivity contribution in [2.75, 3.05) is 24.4 Å². The van der Waals surface area contributed by atoms with E-state index in [0.29, 0.717) is 17.6 Å². The molecule has 2 aliphatic rings. The zero-order valence-electron chi connectivity index (χ0n) is 19.8. The van der Waals surface area contributed by atoms with E-state index in [1.807, 2.05) is 13.1 Å². The van der Waals surface area contributed by atoms with Crippen LogP contribution < -0.4 is 15.5 Å². The fourth-order valence-electron chi connectivity index (χ4n) is 4.93. The molecule has 3 N–H and O–H groups in total. The van der Waals surface area contributed by atoms with Crippen molar-refractivity contribution < 1.29 is 13.2 Å². The van der Waals surface area contributed by atoms with Crippen LogP contribution in [0.5, 0.6) is 0 Å². The van der Waals surface area contributed by atoms with E-state index in [9.17, 15) is 13.2 Å². The smallest absolute Gasteiger partial charge is 0.239 e. The van der Waals surface area contributed by atoms with E-state index in [0.717, 1.165) is 49.0 Å². The minimum atomic E-state index is -3.83. The molecule has 0 radical (unpaired) electrons. The number of pyridine rings is 1. The third kappa shape index (κ3) is 3.90. The normalized spacial score (nSPS) is 17.3. The summed E-state index contributed by atoms with van der Waals surface area (Å²) in [4.78, 5) is 27.3. The molecule has 3 aromatic rings. The van der Waals surface area contributed by atoms with E-state index in [1.165, 1.54) is 18.3 Å². The van der Waals surface area contributed by atoms with Crippen molar-refractivity contribution in [3.05, 3.63) is 30.6 Å². The van der Waals surface area contributed by atoms with E-state index in [-0.39, 0.29) is 10.8 Å². The quantitative estimate of drug-likeness (QED) is 0.558. The molecule has 1 saturated carbocycles. The van der Waals surface area contributed by atoms with E-state index in [2.05, 4.69) is 19.9 Å². The number of rotatable bonds is 3. The molecule has 1 fully saturated rings. The maximum atomic E-state index is 12.4. The van der Waals surface area contributed by atoms with Crippen LogP contribution in [-0.2, 0) is 20.4 Å². The summed E-state index contributed by atoms with van der Waals surface area (Å²) in [5.41, 5.74) is 0.222. The number of amidine groups is 1. The Balaban J connectivity index is 1.60. The Hall–Kier alpha value is -3.58. The minimum absolute atomic E-state index is 0.0759. The number of carbonyl (C=O) groups is 1. The van der Waals surface area contributed by atoms with Crippen LogP contribution in [0.1, 0.15) is 39.0 Å². The van der Waals surface area contributed by atoms with Gasteiger partial charge < -0.3 is 10.2 Å². The summed E-state index contributed by atoms with van der Waals surface area (Å²) >= 11 is 0. The van der Waals surface area contributed by atoms with Gasteiger partial charge in [-0.1, -0.05) is 19.3 Å². The number of amides is 1. The Kier molecular flexibility index (Phi) is 5.48. The SMILES string of the molecule is CC(=O)N(C)C1=NN(C)c2cc3cnc(Nc4ccc(S(N)(=O)=O)cn4)nc3n2C12CCCCC2. The Labute approximate surface area is 202 Å². The molecule has 13 heteroatoms. The third-order valence-electron chi connectivity index (χ3n) is 6.72. The number of likely N-dealkylation sites (N-methyl/N-ethyl adjacent to an activating group) is 1. The summed E-state index contributed by atoms with van der Waals surface area (Å²) < 4.78 is 25.2. The highest BCUT2D eigenvalue weighted by atomic mass is 32.2. The van der Waals surface area contributed by atoms with Gasteiger partial charge in [-0.25, -0.2) is 23.5 Å². The first-order chi connectivity index (χ1) is 16.6. The summed E-state index contributed by atoms with van der Waals surface area (Å²) in [5.74, 6) is 2.21. The number of nitrogens with two attached hydrogens (primary N) is 1. The van der Waals surface area contributed by atoms with Crippen LogP contribution in [0.25, 0.3) is 11.0 Å². The Bertz CT molecular complexity index is 1440. The summed E-state index contributed by atoms with van der Waals surface area (Å²) in [7, 11) is -0.208. The number of fused-ring (bicyclic) bond motifs is 4. The molecule has 12 nitrogen and oxygen atoms in total. The standard InChI is InChI=1S/C22H27N9O3S/c1-14(32)29(2)20-22(9-5-4-6-10-22)31-18(30(3)28-20)11-15-12-25-21(27-19(15)31)26-17-8-7-16(13-24-17)35(23,33)34/h7-8,11-13H,4-6,9-10H2,1-3H3,(H2,23,33,34)(H,24,25,26,27). The van der Waals surface area contributed by atoms with Crippen molar-refractivity contribution in [1.82, 2.24) is 24.4 Å². The number of aromatic nitrogens is 4. The highest BCUT2D eigenvalue weighted by molar-refractivity contribution is 7.89. The minimum Gasteiger partial charge on any atom is -0.309 e. The molecule has 1 aliphatic heterocycles. The summed E-state index contributed by atoms with van der Waals surface area (Å²) in [5, 5.41) is 15.6. The van der Waals surface area contributed by atoms with Crippen LogP contribution in [-0.4, -0.2) is 58.7 Å². The van der Waals surface area contributed by atoms with Crippen molar-refractivity contribution in [1.29, 1.82) is 0 Å². The van der Waals surface area contributed by atoms with Gasteiger partial charge in [0, 0.05) is 38.8 Å². The molecule has 0 atom stereocenters. The predicted octanol–water partition coefficient (Wildman–Crippen LogP) is 2.12. The lowest BCUT2D eigenvalue weighted by Crippen LogP contribution is -2.55. The largest absolute Gasteiger partial charge is 0.309 e. The first-order valence-electron chi connectivity index (χ1n) is 11.3. The van der Waals surface area contributed by atoms with Gasteiger partial charge in [-0.15, -0.1) is 0 Å². The second kappa shape index (κ2) is 8.27. The third-order valence-corrected chi connectivity index (χ3v) is 7.62. The Morgan fingerprint density at radius 1 is 1.17 bits per heavy atom. The number of hydrogen-bond acceptors (Lipinski definition) is 9. The van der Waals surface area contributed by atoms with Gasteiger partial charge >= 0.3 is 0 Å². The lowest BCUT2D eigenvalue weighted by Gasteiger charge is -2.46. The predicted molar refractivity (Wildman–Crippen MR) is 132 cm³/mol. The van der Waals surface area contributed by atoms with Gasteiger partial charge in [-0.2, -0.15) is 10.1 Å². The molecule has 0 saturated heterocycles.